The highest BCUT2D eigenvalue weighted by Gasteiger charge is 2.21. The highest BCUT2D eigenvalue weighted by Crippen LogP contribution is 2.33. The van der Waals surface area contributed by atoms with Crippen LogP contribution < -0.4 is 15.4 Å². The lowest BCUT2D eigenvalue weighted by Crippen LogP contribution is -2.16. The van der Waals surface area contributed by atoms with Crippen LogP contribution >= 0.6 is 0 Å². The molecule has 31 heavy (non-hydrogen) atoms. The van der Waals surface area contributed by atoms with Crippen molar-refractivity contribution >= 4 is 32.8 Å². The molecule has 0 aliphatic heterocycles. The molecule has 0 bridgehead atoms. The summed E-state index contributed by atoms with van der Waals surface area (Å²) in [6.07, 6.45) is 0. The number of hydrogen-bond donors (Lipinski definition) is 3. The summed E-state index contributed by atoms with van der Waals surface area (Å²) < 4.78 is 24.0. The van der Waals surface area contributed by atoms with Gasteiger partial charge in [0.2, 0.25) is 21.9 Å². The number of primary sulfonamides is 1. The maximum absolute atomic E-state index is 12.0. The van der Waals surface area contributed by atoms with Gasteiger partial charge in [-0.3, -0.25) is 0 Å². The predicted octanol–water partition coefficient (Wildman–Crippen LogP) is 2.65. The van der Waals surface area contributed by atoms with Crippen LogP contribution in [0.15, 0.2) is 53.4 Å². The average Bonchev–Trinajstić information content (AvgIpc) is 3.07. The number of fused-ring (bicyclic) bond motifs is 1. The van der Waals surface area contributed by atoms with E-state index in [1.807, 2.05) is 57.4 Å². The minimum atomic E-state index is -3.89. The second-order valence-electron chi connectivity index (χ2n) is 7.36. The second-order valence-corrected chi connectivity index (χ2v) is 8.89. The average molecular weight is 438 g/mol. The Balaban J connectivity index is 1.83. The highest BCUT2D eigenvalue weighted by molar-refractivity contribution is 7.89. The number of benzene rings is 2. The molecule has 2 aromatic carbocycles. The molecule has 160 valence electrons. The van der Waals surface area contributed by atoms with E-state index in [9.17, 15) is 8.42 Å². The molecule has 9 nitrogen and oxygen atoms in total. The third kappa shape index (κ3) is 4.21. The van der Waals surface area contributed by atoms with Crippen LogP contribution in [0.3, 0.4) is 0 Å². The molecule has 2 heterocycles. The lowest BCUT2D eigenvalue weighted by Gasteiger charge is -2.14. The number of nitrogens with one attached hydrogen (secondary N) is 2. The van der Waals surface area contributed by atoms with Gasteiger partial charge in [0.25, 0.3) is 0 Å². The van der Waals surface area contributed by atoms with Crippen molar-refractivity contribution in [2.45, 2.75) is 18.4 Å². The van der Waals surface area contributed by atoms with Gasteiger partial charge >= 0.3 is 0 Å². The maximum Gasteiger partial charge on any atom is 0.240 e. The first-order valence-electron chi connectivity index (χ1n) is 9.59. The molecule has 0 atom stereocenters. The number of aromatic nitrogens is 4. The zero-order valence-electron chi connectivity index (χ0n) is 17.4. The van der Waals surface area contributed by atoms with Crippen LogP contribution in [0.5, 0.6) is 0 Å². The molecule has 0 spiro atoms. The molecule has 4 aromatic rings. The van der Waals surface area contributed by atoms with Gasteiger partial charge in [-0.2, -0.15) is 15.0 Å². The van der Waals surface area contributed by atoms with E-state index in [1.165, 1.54) is 6.07 Å². The molecular weight excluding hydrogens is 414 g/mol. The van der Waals surface area contributed by atoms with E-state index < -0.39 is 10.0 Å². The van der Waals surface area contributed by atoms with Crippen molar-refractivity contribution in [3.63, 3.8) is 0 Å². The second kappa shape index (κ2) is 7.97. The number of nitrogens with zero attached hydrogens (tertiary/aromatic N) is 4. The lowest BCUT2D eigenvalue weighted by molar-refractivity contribution is 0.598. The minimum absolute atomic E-state index is 0.0312. The molecule has 0 radical (unpaired) electrons. The van der Waals surface area contributed by atoms with Gasteiger partial charge < -0.3 is 15.2 Å². The molecule has 0 amide bonds. The molecule has 0 aliphatic carbocycles. The molecule has 0 aliphatic rings. The van der Waals surface area contributed by atoms with E-state index >= 15 is 0 Å². The summed E-state index contributed by atoms with van der Waals surface area (Å²) in [6, 6.07) is 14.9. The summed E-state index contributed by atoms with van der Waals surface area (Å²) in [5.41, 5.74) is 2.96. The molecule has 4 rings (SSSR count). The summed E-state index contributed by atoms with van der Waals surface area (Å²) >= 11 is 0. The van der Waals surface area contributed by atoms with Crippen molar-refractivity contribution in [3.05, 3.63) is 59.8 Å². The molecule has 4 N–H and O–H groups in total. The molecular formula is C21H23N7O2S. The van der Waals surface area contributed by atoms with Crippen LogP contribution in [0.25, 0.3) is 22.3 Å². The molecule has 0 saturated carbocycles. The summed E-state index contributed by atoms with van der Waals surface area (Å²) in [7, 11) is -0.192. The van der Waals surface area contributed by atoms with Crippen LogP contribution in [-0.2, 0) is 16.6 Å². The van der Waals surface area contributed by atoms with Gasteiger partial charge in [0.15, 0.2) is 5.82 Å². The number of aryl methyl sites for hydroxylation is 1. The quantitative estimate of drug-likeness (QED) is 0.423. The monoisotopic (exact) mass is 437 g/mol. The summed E-state index contributed by atoms with van der Waals surface area (Å²) in [5.74, 6) is 1.34. The predicted molar refractivity (Wildman–Crippen MR) is 121 cm³/mol. The largest absolute Gasteiger partial charge is 0.357 e. The zero-order chi connectivity index (χ0) is 22.2. The van der Waals surface area contributed by atoms with Gasteiger partial charge in [-0.15, -0.1) is 0 Å². The van der Waals surface area contributed by atoms with E-state index in [0.717, 1.165) is 11.3 Å². The van der Waals surface area contributed by atoms with E-state index in [-0.39, 0.29) is 4.90 Å². The topological polar surface area (TPSA) is 130 Å². The zero-order valence-corrected chi connectivity index (χ0v) is 18.2. The Morgan fingerprint density at radius 2 is 1.77 bits per heavy atom. The maximum atomic E-state index is 12.0. The molecule has 0 unspecified atom stereocenters. The highest BCUT2D eigenvalue weighted by atomic mass is 32.2. The number of hydrogen-bond acceptors (Lipinski definition) is 7. The summed E-state index contributed by atoms with van der Waals surface area (Å²) in [6.45, 7) is 2.40. The van der Waals surface area contributed by atoms with Gasteiger partial charge in [0.05, 0.1) is 5.52 Å². The van der Waals surface area contributed by atoms with Crippen LogP contribution in [0.1, 0.15) is 11.3 Å². The van der Waals surface area contributed by atoms with Crippen LogP contribution in [0.4, 0.5) is 11.9 Å². The first-order chi connectivity index (χ1) is 14.7. The van der Waals surface area contributed by atoms with Gasteiger partial charge in [-0.05, 0) is 18.6 Å². The third-order valence-electron chi connectivity index (χ3n) is 4.83. The summed E-state index contributed by atoms with van der Waals surface area (Å²) in [4.78, 5) is 18.7. The number of aromatic amines is 1. The number of rotatable bonds is 6. The van der Waals surface area contributed by atoms with Crippen molar-refractivity contribution < 1.29 is 8.42 Å². The number of para-hydroxylation sites is 1. The van der Waals surface area contributed by atoms with E-state index in [0.29, 0.717) is 40.7 Å². The Morgan fingerprint density at radius 3 is 2.45 bits per heavy atom. The fourth-order valence-corrected chi connectivity index (χ4v) is 4.09. The van der Waals surface area contributed by atoms with Crippen molar-refractivity contribution in [2.24, 2.45) is 5.14 Å². The fraction of sp³-hybridized carbons (Fsp3) is 0.190. The fourth-order valence-electron chi connectivity index (χ4n) is 3.38. The Kier molecular flexibility index (Phi) is 5.34. The number of anilines is 2. The van der Waals surface area contributed by atoms with Crippen molar-refractivity contribution in [2.75, 3.05) is 24.3 Å². The molecule has 0 fully saturated rings. The number of H-pyrrole nitrogens is 1. The van der Waals surface area contributed by atoms with E-state index in [4.69, 9.17) is 5.14 Å². The molecule has 0 saturated heterocycles. The minimum Gasteiger partial charge on any atom is -0.357 e. The van der Waals surface area contributed by atoms with Gasteiger partial charge in [0.1, 0.15) is 4.90 Å². The van der Waals surface area contributed by atoms with Crippen LogP contribution in [0, 0.1) is 6.92 Å². The van der Waals surface area contributed by atoms with E-state index in [2.05, 4.69) is 25.3 Å². The summed E-state index contributed by atoms with van der Waals surface area (Å²) in [5, 5.41) is 9.32. The SMILES string of the molecule is Cc1[nH]c2c(S(N)(=O)=O)cccc2c1-c1nc(NCc2ccccc2)nc(N(C)C)n1. The number of sulfonamides is 1. The van der Waals surface area contributed by atoms with Gasteiger partial charge in [0, 0.05) is 37.3 Å². The standard InChI is InChI=1S/C21H23N7O2S/c1-13-17(15-10-7-11-16(18(15)24-13)31(22,29)30)19-25-20(27-21(26-19)28(2)3)23-12-14-8-5-4-6-9-14/h4-11,24H,12H2,1-3H3,(H2,22,29,30)(H,23,25,26,27). The Hall–Kier alpha value is -3.50. The van der Waals surface area contributed by atoms with Gasteiger partial charge in [-0.25, -0.2) is 13.6 Å². The first kappa shape index (κ1) is 20.8. The van der Waals surface area contributed by atoms with Crippen LogP contribution in [0.2, 0.25) is 0 Å². The Bertz CT molecular complexity index is 1350. The molecule has 10 heteroatoms. The first-order valence-corrected chi connectivity index (χ1v) is 11.1. The third-order valence-corrected chi connectivity index (χ3v) is 5.78. The Labute approximate surface area is 180 Å². The molecule has 2 aromatic heterocycles. The van der Waals surface area contributed by atoms with Crippen molar-refractivity contribution in [3.8, 4) is 11.4 Å². The van der Waals surface area contributed by atoms with E-state index in [1.54, 1.807) is 11.0 Å². The Morgan fingerprint density at radius 1 is 1.03 bits per heavy atom. The lowest BCUT2D eigenvalue weighted by atomic mass is 10.1. The van der Waals surface area contributed by atoms with Crippen molar-refractivity contribution in [1.82, 2.24) is 19.9 Å². The van der Waals surface area contributed by atoms with Crippen LogP contribution in [-0.4, -0.2) is 42.4 Å². The number of nitrogens with two attached hydrogens (primary N) is 1. The normalized spacial score (nSPS) is 11.6. The smallest absolute Gasteiger partial charge is 0.240 e. The van der Waals surface area contributed by atoms with Gasteiger partial charge in [-0.1, -0.05) is 42.5 Å². The van der Waals surface area contributed by atoms with Crippen molar-refractivity contribution in [1.29, 1.82) is 0 Å².